The highest BCUT2D eigenvalue weighted by Gasteiger charge is 2.44. The van der Waals surface area contributed by atoms with Gasteiger partial charge >= 0.3 is 0 Å². The van der Waals surface area contributed by atoms with Gasteiger partial charge in [-0.1, -0.05) is 0 Å². The van der Waals surface area contributed by atoms with Crippen molar-refractivity contribution in [1.82, 2.24) is 9.79 Å². The minimum atomic E-state index is -3.49. The zero-order valence-corrected chi connectivity index (χ0v) is 19.1. The molecule has 8 heteroatoms. The molecule has 28 heavy (non-hydrogen) atoms. The molecule has 1 heterocycles. The van der Waals surface area contributed by atoms with Gasteiger partial charge in [-0.05, 0) is 85.6 Å². The molecule has 0 aromatic heterocycles. The van der Waals surface area contributed by atoms with Crippen LogP contribution in [0.15, 0.2) is 11.5 Å². The number of aliphatic hydroxyl groups excluding tert-OH is 1. The molecule has 0 aromatic rings. The molecule has 0 spiro atoms. The predicted molar refractivity (Wildman–Crippen MR) is 112 cm³/mol. The molecule has 0 saturated carbocycles. The number of ether oxygens (including phenoxy) is 1. The van der Waals surface area contributed by atoms with Gasteiger partial charge in [0.05, 0.1) is 6.10 Å². The molecule has 1 aliphatic rings. The van der Waals surface area contributed by atoms with Gasteiger partial charge in [0.15, 0.2) is 0 Å². The van der Waals surface area contributed by atoms with Crippen molar-refractivity contribution in [3.05, 3.63) is 11.5 Å². The van der Waals surface area contributed by atoms with Crippen molar-refractivity contribution in [2.45, 2.75) is 96.9 Å². The van der Waals surface area contributed by atoms with Crippen LogP contribution in [-0.2, 0) is 14.8 Å². The number of hydroxylamine groups is 2. The number of nitrogens with zero attached hydrogens (tertiary/aromatic N) is 1. The summed E-state index contributed by atoms with van der Waals surface area (Å²) in [5.41, 5.74) is -0.534. The third-order valence-electron chi connectivity index (χ3n) is 5.00. The van der Waals surface area contributed by atoms with Crippen LogP contribution in [0.5, 0.6) is 0 Å². The van der Waals surface area contributed by atoms with Crippen LogP contribution in [0, 0.1) is 5.92 Å². The number of unbranched alkanes of at least 4 members (excludes halogenated alkanes) is 1. The summed E-state index contributed by atoms with van der Waals surface area (Å²) in [6, 6.07) is -0.176. The molecule has 0 bridgehead atoms. The fourth-order valence-electron chi connectivity index (χ4n) is 4.06. The molecule has 1 rings (SSSR count). The van der Waals surface area contributed by atoms with Crippen LogP contribution in [0.25, 0.3) is 0 Å². The third kappa shape index (κ3) is 8.88. The maximum absolute atomic E-state index is 11.7. The summed E-state index contributed by atoms with van der Waals surface area (Å²) < 4.78 is 31.6. The van der Waals surface area contributed by atoms with Gasteiger partial charge in [-0.2, -0.15) is 5.06 Å². The maximum atomic E-state index is 11.7. The van der Waals surface area contributed by atoms with Gasteiger partial charge in [0.25, 0.3) is 0 Å². The smallest absolute Gasteiger partial charge is 0.233 e. The van der Waals surface area contributed by atoms with Gasteiger partial charge in [-0.3, -0.25) is 0 Å². The van der Waals surface area contributed by atoms with E-state index in [1.165, 1.54) is 11.1 Å². The minimum absolute atomic E-state index is 0.176. The summed E-state index contributed by atoms with van der Waals surface area (Å²) in [5, 5.41) is 22.7. The first-order chi connectivity index (χ1) is 12.8. The lowest BCUT2D eigenvalue weighted by Crippen LogP contribution is -2.59. The van der Waals surface area contributed by atoms with E-state index in [4.69, 9.17) is 4.74 Å². The Bertz CT molecular complexity index is 584. The van der Waals surface area contributed by atoms with E-state index in [0.717, 1.165) is 31.1 Å². The van der Waals surface area contributed by atoms with Gasteiger partial charge in [0.2, 0.25) is 10.0 Å². The molecule has 166 valence electrons. The summed E-state index contributed by atoms with van der Waals surface area (Å²) in [5.74, 6) is 0.403. The van der Waals surface area contributed by atoms with Crippen LogP contribution < -0.4 is 4.72 Å². The summed E-state index contributed by atoms with van der Waals surface area (Å²) in [4.78, 5) is 0. The Morgan fingerprint density at radius 1 is 1.18 bits per heavy atom. The summed E-state index contributed by atoms with van der Waals surface area (Å²) >= 11 is 0. The van der Waals surface area contributed by atoms with Crippen LogP contribution in [0.1, 0.15) is 73.6 Å². The van der Waals surface area contributed by atoms with E-state index in [2.05, 4.69) is 4.72 Å². The van der Waals surface area contributed by atoms with Crippen molar-refractivity contribution < 1.29 is 23.5 Å². The zero-order chi connectivity index (χ0) is 21.6. The highest BCUT2D eigenvalue weighted by molar-refractivity contribution is 7.92. The van der Waals surface area contributed by atoms with Crippen LogP contribution in [0.4, 0.5) is 0 Å². The molecule has 1 unspecified atom stereocenters. The van der Waals surface area contributed by atoms with Crippen LogP contribution >= 0.6 is 0 Å². The van der Waals surface area contributed by atoms with Crippen molar-refractivity contribution in [3.63, 3.8) is 0 Å². The molecule has 1 saturated heterocycles. The van der Waals surface area contributed by atoms with Gasteiger partial charge in [0.1, 0.15) is 0 Å². The molecule has 0 aromatic carbocycles. The number of aliphatic hydroxyl groups is 1. The van der Waals surface area contributed by atoms with Crippen molar-refractivity contribution in [3.8, 4) is 0 Å². The number of nitrogens with one attached hydrogen (secondary N) is 1. The summed E-state index contributed by atoms with van der Waals surface area (Å²) in [6.07, 6.45) is 4.38. The number of hydrogen-bond acceptors (Lipinski definition) is 6. The second-order valence-electron chi connectivity index (χ2n) is 9.50. The largest absolute Gasteiger partial charge is 0.389 e. The first-order valence-corrected chi connectivity index (χ1v) is 11.8. The summed E-state index contributed by atoms with van der Waals surface area (Å²) in [6.45, 7) is 13.0. The quantitative estimate of drug-likeness (QED) is 0.444. The van der Waals surface area contributed by atoms with E-state index in [1.54, 1.807) is 13.8 Å². The predicted octanol–water partition coefficient (Wildman–Crippen LogP) is 3.03. The molecule has 1 aliphatic heterocycles. The highest BCUT2D eigenvalue weighted by Crippen LogP contribution is 2.39. The maximum Gasteiger partial charge on any atom is 0.233 e. The van der Waals surface area contributed by atoms with Crippen molar-refractivity contribution >= 4 is 10.0 Å². The Hall–Kier alpha value is -0.510. The monoisotopic (exact) mass is 420 g/mol. The SMILES string of the molecule is CC(C)NS(=O)(=O)/C=C/C(O)CCCCOCC1CC(C)(C)N(O)C(C)(C)C1. The van der Waals surface area contributed by atoms with Crippen LogP contribution in [0.2, 0.25) is 0 Å². The molecule has 1 fully saturated rings. The van der Waals surface area contributed by atoms with Crippen molar-refractivity contribution in [1.29, 1.82) is 0 Å². The molecule has 1 atom stereocenters. The molecule has 0 radical (unpaired) electrons. The fraction of sp³-hybridized carbons (Fsp3) is 0.900. The minimum Gasteiger partial charge on any atom is -0.389 e. The molecule has 0 aliphatic carbocycles. The first kappa shape index (κ1) is 25.5. The van der Waals surface area contributed by atoms with Crippen molar-refractivity contribution in [2.75, 3.05) is 13.2 Å². The van der Waals surface area contributed by atoms with E-state index in [-0.39, 0.29) is 17.1 Å². The molecule has 7 nitrogen and oxygen atoms in total. The molecule has 0 amide bonds. The third-order valence-corrected chi connectivity index (χ3v) is 6.31. The van der Waals surface area contributed by atoms with E-state index in [9.17, 15) is 18.7 Å². The van der Waals surface area contributed by atoms with Crippen LogP contribution in [0.3, 0.4) is 0 Å². The number of hydrogen-bond donors (Lipinski definition) is 3. The zero-order valence-electron chi connectivity index (χ0n) is 18.3. The van der Waals surface area contributed by atoms with Gasteiger partial charge in [-0.15, -0.1) is 0 Å². The second kappa shape index (κ2) is 10.5. The number of piperidine rings is 1. The Kier molecular flexibility index (Phi) is 9.57. The second-order valence-corrected chi connectivity index (χ2v) is 11.1. The Morgan fingerprint density at radius 3 is 2.29 bits per heavy atom. The van der Waals surface area contributed by atoms with E-state index in [1.807, 2.05) is 27.7 Å². The Labute approximate surface area is 171 Å². The van der Waals surface area contributed by atoms with Crippen LogP contribution in [-0.4, -0.2) is 60.2 Å². The topological polar surface area (TPSA) is 99.1 Å². The van der Waals surface area contributed by atoms with Crippen molar-refractivity contribution in [2.24, 2.45) is 5.92 Å². The molecular formula is C20H40N2O5S. The van der Waals surface area contributed by atoms with Gasteiger partial charge in [-0.25, -0.2) is 13.1 Å². The average molecular weight is 421 g/mol. The Morgan fingerprint density at radius 2 is 1.75 bits per heavy atom. The highest BCUT2D eigenvalue weighted by atomic mass is 32.2. The first-order valence-electron chi connectivity index (χ1n) is 10.2. The molecular weight excluding hydrogens is 380 g/mol. The average Bonchev–Trinajstić information content (AvgIpc) is 2.52. The lowest BCUT2D eigenvalue weighted by Gasteiger charge is -2.51. The van der Waals surface area contributed by atoms with E-state index < -0.39 is 16.1 Å². The summed E-state index contributed by atoms with van der Waals surface area (Å²) in [7, 11) is -3.49. The van der Waals surface area contributed by atoms with Gasteiger partial charge in [0, 0.05) is 35.7 Å². The normalized spacial score (nSPS) is 22.2. The lowest BCUT2D eigenvalue weighted by molar-refractivity contribution is -0.253. The standard InChI is InChI=1S/C20H40N2O5S/c1-16(2)21-28(25,26)12-10-18(23)9-7-8-11-27-15-17-13-19(3,4)22(24)20(5,6)14-17/h10,12,16-18,21,23-24H,7-9,11,13-15H2,1-6H3/b12-10+. The fourth-order valence-corrected chi connectivity index (χ4v) is 5.18. The Balaban J connectivity index is 2.24. The number of sulfonamides is 1. The van der Waals surface area contributed by atoms with E-state index >= 15 is 0 Å². The van der Waals surface area contributed by atoms with E-state index in [0.29, 0.717) is 25.6 Å². The molecule has 3 N–H and O–H groups in total. The van der Waals surface area contributed by atoms with Gasteiger partial charge < -0.3 is 15.1 Å². The lowest BCUT2D eigenvalue weighted by atomic mass is 9.75. The number of rotatable bonds is 11.